The Kier molecular flexibility index (Phi) is 12.0. The van der Waals surface area contributed by atoms with Crippen LogP contribution in [-0.2, 0) is 15.5 Å². The Balaban J connectivity index is 2.14. The van der Waals surface area contributed by atoms with Gasteiger partial charge in [0.1, 0.15) is 11.5 Å². The summed E-state index contributed by atoms with van der Waals surface area (Å²) in [5.74, 6) is 0.734. The van der Waals surface area contributed by atoms with Gasteiger partial charge >= 0.3 is 0 Å². The molecule has 0 aliphatic carbocycles. The molecule has 0 spiro atoms. The van der Waals surface area contributed by atoms with Gasteiger partial charge in [-0.3, -0.25) is 9.36 Å². The van der Waals surface area contributed by atoms with Crippen molar-refractivity contribution in [1.29, 1.82) is 0 Å². The SMILES string of the molecule is C/C=C\C(=C/N=CNC(=O)c1cc(OCCc2ccsc2)cc(OC(C)C)c1)P(=O)(CC)OCC. The van der Waals surface area contributed by atoms with Crippen molar-refractivity contribution in [3.63, 3.8) is 0 Å². The van der Waals surface area contributed by atoms with E-state index in [-0.39, 0.29) is 12.0 Å². The molecule has 0 aliphatic heterocycles. The number of carbonyl (C=O) groups is 1. The molecule has 9 heteroatoms. The molecule has 1 amide bonds. The maximum Gasteiger partial charge on any atom is 0.256 e. The molecule has 0 radical (unpaired) electrons. The molecular weight excluding hydrogens is 483 g/mol. The summed E-state index contributed by atoms with van der Waals surface area (Å²) in [6.07, 6.45) is 7.30. The number of hydrogen-bond acceptors (Lipinski definition) is 7. The number of rotatable bonds is 14. The second-order valence-electron chi connectivity index (χ2n) is 7.80. The zero-order valence-corrected chi connectivity index (χ0v) is 22.7. The summed E-state index contributed by atoms with van der Waals surface area (Å²) in [5.41, 5.74) is 1.59. The number of ether oxygens (including phenoxy) is 2. The first-order valence-corrected chi connectivity index (χ1v) is 14.4. The molecule has 2 aromatic rings. The van der Waals surface area contributed by atoms with Crippen LogP contribution in [0.5, 0.6) is 11.5 Å². The first-order chi connectivity index (χ1) is 16.8. The third-order valence-corrected chi connectivity index (χ3v) is 8.01. The van der Waals surface area contributed by atoms with Crippen LogP contribution in [0.25, 0.3) is 0 Å². The molecule has 1 aromatic carbocycles. The molecule has 0 aliphatic rings. The highest BCUT2D eigenvalue weighted by Crippen LogP contribution is 2.55. The summed E-state index contributed by atoms with van der Waals surface area (Å²) in [7, 11) is -2.99. The fraction of sp³-hybridized carbons (Fsp3) is 0.385. The first kappa shape index (κ1) is 28.6. The summed E-state index contributed by atoms with van der Waals surface area (Å²) in [6.45, 7) is 10.1. The molecule has 0 bridgehead atoms. The van der Waals surface area contributed by atoms with Gasteiger partial charge in [0.2, 0.25) is 7.37 Å². The number of amides is 1. The van der Waals surface area contributed by atoms with Gasteiger partial charge in [-0.2, -0.15) is 11.3 Å². The Bertz CT molecular complexity index is 1080. The number of benzene rings is 1. The van der Waals surface area contributed by atoms with Gasteiger partial charge in [0.15, 0.2) is 0 Å². The zero-order chi connectivity index (χ0) is 25.7. The normalized spacial score (nSPS) is 13.9. The van der Waals surface area contributed by atoms with Crippen molar-refractivity contribution >= 4 is 31.0 Å². The molecule has 1 N–H and O–H groups in total. The quantitative estimate of drug-likeness (QED) is 0.131. The molecule has 7 nitrogen and oxygen atoms in total. The van der Waals surface area contributed by atoms with Crippen molar-refractivity contribution in [2.45, 2.75) is 47.1 Å². The van der Waals surface area contributed by atoms with Crippen LogP contribution in [0.2, 0.25) is 0 Å². The van der Waals surface area contributed by atoms with Gasteiger partial charge in [0.05, 0.1) is 31.0 Å². The lowest BCUT2D eigenvalue weighted by Crippen LogP contribution is -2.21. The average Bonchev–Trinajstić information content (AvgIpc) is 3.34. The molecular formula is C26H35N2O5PS. The maximum atomic E-state index is 13.0. The van der Waals surface area contributed by atoms with Crippen LogP contribution in [0, 0.1) is 0 Å². The lowest BCUT2D eigenvalue weighted by Gasteiger charge is -2.16. The van der Waals surface area contributed by atoms with E-state index >= 15 is 0 Å². The standard InChI is InChI=1S/C26H35N2O5PS/c1-6-9-25(34(30,8-3)32-7-2)17-27-19-28-26(29)22-14-23(16-24(15-22)33-20(4)5)31-12-10-21-11-13-35-18-21/h6,9,11,13-20H,7-8,10,12H2,1-5H3,(H,27,28,29)/b9-6-,25-17+. The number of nitrogens with zero attached hydrogens (tertiary/aromatic N) is 1. The fourth-order valence-corrected chi connectivity index (χ4v) is 5.55. The van der Waals surface area contributed by atoms with E-state index < -0.39 is 7.37 Å². The van der Waals surface area contributed by atoms with Gasteiger partial charge in [-0.1, -0.05) is 19.1 Å². The molecule has 0 saturated heterocycles. The molecule has 35 heavy (non-hydrogen) atoms. The second-order valence-corrected chi connectivity index (χ2v) is 11.3. The van der Waals surface area contributed by atoms with Crippen LogP contribution in [0.1, 0.15) is 50.5 Å². The molecule has 190 valence electrons. The lowest BCUT2D eigenvalue weighted by atomic mass is 10.2. The van der Waals surface area contributed by atoms with E-state index in [4.69, 9.17) is 14.0 Å². The predicted octanol–water partition coefficient (Wildman–Crippen LogP) is 6.67. The first-order valence-electron chi connectivity index (χ1n) is 11.7. The van der Waals surface area contributed by atoms with E-state index in [0.29, 0.717) is 41.8 Å². The van der Waals surface area contributed by atoms with E-state index in [1.165, 1.54) is 18.1 Å². The monoisotopic (exact) mass is 518 g/mol. The number of nitrogens with one attached hydrogen (secondary N) is 1. The van der Waals surface area contributed by atoms with Crippen LogP contribution < -0.4 is 14.8 Å². The zero-order valence-electron chi connectivity index (χ0n) is 21.0. The van der Waals surface area contributed by atoms with E-state index in [1.54, 1.807) is 48.6 Å². The third-order valence-electron chi connectivity index (χ3n) is 4.72. The van der Waals surface area contributed by atoms with Crippen LogP contribution in [0.3, 0.4) is 0 Å². The number of hydrogen-bond donors (Lipinski definition) is 1. The minimum absolute atomic E-state index is 0.0525. The van der Waals surface area contributed by atoms with Gasteiger partial charge in [-0.15, -0.1) is 0 Å². The van der Waals surface area contributed by atoms with E-state index in [1.807, 2.05) is 33.1 Å². The molecule has 1 heterocycles. The largest absolute Gasteiger partial charge is 0.493 e. The van der Waals surface area contributed by atoms with Gasteiger partial charge in [0, 0.05) is 30.4 Å². The van der Waals surface area contributed by atoms with E-state index in [2.05, 4.69) is 21.8 Å². The number of carbonyl (C=O) groups excluding carboxylic acids is 1. The minimum Gasteiger partial charge on any atom is -0.493 e. The fourth-order valence-electron chi connectivity index (χ4n) is 3.11. The minimum atomic E-state index is -2.99. The maximum absolute atomic E-state index is 13.0. The smallest absolute Gasteiger partial charge is 0.256 e. The van der Waals surface area contributed by atoms with Crippen LogP contribution >= 0.6 is 18.7 Å². The molecule has 0 fully saturated rings. The highest BCUT2D eigenvalue weighted by Gasteiger charge is 2.23. The Morgan fingerprint density at radius 2 is 2.00 bits per heavy atom. The highest BCUT2D eigenvalue weighted by molar-refractivity contribution is 7.63. The summed E-state index contributed by atoms with van der Waals surface area (Å²) in [4.78, 5) is 16.9. The summed E-state index contributed by atoms with van der Waals surface area (Å²) >= 11 is 1.65. The van der Waals surface area contributed by atoms with Crippen LogP contribution in [0.4, 0.5) is 0 Å². The van der Waals surface area contributed by atoms with Crippen LogP contribution in [-0.4, -0.2) is 37.7 Å². The summed E-state index contributed by atoms with van der Waals surface area (Å²) in [5, 5.41) is 7.25. The van der Waals surface area contributed by atoms with Gasteiger partial charge in [-0.05, 0) is 62.2 Å². The summed E-state index contributed by atoms with van der Waals surface area (Å²) in [6, 6.07) is 7.18. The number of aliphatic imine (C=N–C) groups is 1. The third kappa shape index (κ3) is 9.48. The number of allylic oxidation sites excluding steroid dienone is 3. The second kappa shape index (κ2) is 14.7. The Labute approximate surface area is 212 Å². The van der Waals surface area contributed by atoms with Crippen molar-refractivity contribution in [1.82, 2.24) is 5.32 Å². The van der Waals surface area contributed by atoms with Crippen LogP contribution in [0.15, 0.2) is 63.7 Å². The molecule has 1 aromatic heterocycles. The average molecular weight is 519 g/mol. The lowest BCUT2D eigenvalue weighted by molar-refractivity contribution is 0.0977. The topological polar surface area (TPSA) is 86.2 Å². The number of thiophene rings is 1. The predicted molar refractivity (Wildman–Crippen MR) is 144 cm³/mol. The van der Waals surface area contributed by atoms with E-state index in [9.17, 15) is 9.36 Å². The Morgan fingerprint density at radius 3 is 2.63 bits per heavy atom. The molecule has 2 rings (SSSR count). The van der Waals surface area contributed by atoms with Crippen molar-refractivity contribution in [2.24, 2.45) is 4.99 Å². The van der Waals surface area contributed by atoms with Gasteiger partial charge < -0.3 is 19.3 Å². The Morgan fingerprint density at radius 1 is 1.23 bits per heavy atom. The molecule has 0 saturated carbocycles. The van der Waals surface area contributed by atoms with Crippen molar-refractivity contribution in [2.75, 3.05) is 19.4 Å². The van der Waals surface area contributed by atoms with E-state index in [0.717, 1.165) is 6.42 Å². The van der Waals surface area contributed by atoms with Crippen molar-refractivity contribution in [3.8, 4) is 11.5 Å². The molecule has 1 unspecified atom stereocenters. The summed E-state index contributed by atoms with van der Waals surface area (Å²) < 4.78 is 30.2. The Hall–Kier alpha value is -2.67. The van der Waals surface area contributed by atoms with Gasteiger partial charge in [0.25, 0.3) is 5.91 Å². The van der Waals surface area contributed by atoms with Crippen molar-refractivity contribution in [3.05, 3.63) is 69.8 Å². The van der Waals surface area contributed by atoms with Gasteiger partial charge in [-0.25, -0.2) is 4.99 Å². The highest BCUT2D eigenvalue weighted by atomic mass is 32.1. The molecule has 1 atom stereocenters. The van der Waals surface area contributed by atoms with Crippen molar-refractivity contribution < 1.29 is 23.4 Å².